The van der Waals surface area contributed by atoms with Crippen molar-refractivity contribution in [2.24, 2.45) is 5.92 Å². The van der Waals surface area contributed by atoms with Crippen LogP contribution in [0.3, 0.4) is 0 Å². The summed E-state index contributed by atoms with van der Waals surface area (Å²) < 4.78 is 17.0. The van der Waals surface area contributed by atoms with Gasteiger partial charge in [0.1, 0.15) is 12.4 Å². The van der Waals surface area contributed by atoms with Gasteiger partial charge in [0.15, 0.2) is 11.5 Å². The van der Waals surface area contributed by atoms with Crippen LogP contribution < -0.4 is 14.2 Å². The van der Waals surface area contributed by atoms with Gasteiger partial charge in [0.2, 0.25) is 6.79 Å². The van der Waals surface area contributed by atoms with Crippen molar-refractivity contribution in [3.63, 3.8) is 0 Å². The minimum Gasteiger partial charge on any atom is -0.489 e. The standard InChI is InChI=1S/C28H31NO3/c1-29(2)14-13-20-3-8-24-16-26(11-9-23(24)15-20)30-18-21-4-6-22(7-5-21)25-10-12-27-28(17-25)32-19-31-27/h4-7,9-12,16-17,20H,3,8,13-15,18-19H2,1-2H3. The first kappa shape index (κ1) is 20.9. The number of ether oxygens (including phenoxy) is 3. The van der Waals surface area contributed by atoms with Crippen LogP contribution >= 0.6 is 0 Å². The van der Waals surface area contributed by atoms with Gasteiger partial charge >= 0.3 is 0 Å². The molecule has 4 heteroatoms. The predicted octanol–water partition coefficient (Wildman–Crippen LogP) is 5.72. The number of nitrogens with zero attached hydrogens (tertiary/aromatic N) is 1. The van der Waals surface area contributed by atoms with Gasteiger partial charge in [-0.2, -0.15) is 0 Å². The average molecular weight is 430 g/mol. The van der Waals surface area contributed by atoms with Gasteiger partial charge in [-0.05, 0) is 104 Å². The highest BCUT2D eigenvalue weighted by Gasteiger charge is 2.19. The number of aryl methyl sites for hydroxylation is 1. The molecule has 0 bridgehead atoms. The molecule has 2 aliphatic rings. The van der Waals surface area contributed by atoms with Crippen LogP contribution in [-0.4, -0.2) is 32.3 Å². The molecule has 1 aliphatic carbocycles. The Balaban J connectivity index is 1.18. The van der Waals surface area contributed by atoms with Crippen LogP contribution in [0, 0.1) is 5.92 Å². The Morgan fingerprint density at radius 1 is 0.875 bits per heavy atom. The van der Waals surface area contributed by atoms with Gasteiger partial charge < -0.3 is 19.1 Å². The van der Waals surface area contributed by atoms with E-state index in [2.05, 4.69) is 67.5 Å². The second-order valence-electron chi connectivity index (χ2n) is 9.18. The summed E-state index contributed by atoms with van der Waals surface area (Å²) in [5.41, 5.74) is 6.41. The lowest BCUT2D eigenvalue weighted by atomic mass is 9.82. The highest BCUT2D eigenvalue weighted by atomic mass is 16.7. The normalized spacial score (nSPS) is 16.8. The van der Waals surface area contributed by atoms with Crippen LogP contribution in [0.4, 0.5) is 0 Å². The third-order valence-corrected chi connectivity index (χ3v) is 6.56. The van der Waals surface area contributed by atoms with Gasteiger partial charge in [-0.1, -0.05) is 36.4 Å². The Kier molecular flexibility index (Phi) is 6.04. The fourth-order valence-corrected chi connectivity index (χ4v) is 4.62. The van der Waals surface area contributed by atoms with E-state index in [0.717, 1.165) is 46.3 Å². The molecule has 4 nitrogen and oxygen atoms in total. The number of fused-ring (bicyclic) bond motifs is 2. The molecule has 1 unspecified atom stereocenters. The first-order valence-electron chi connectivity index (χ1n) is 11.5. The Labute approximate surface area is 190 Å². The maximum Gasteiger partial charge on any atom is 0.231 e. The van der Waals surface area contributed by atoms with Crippen molar-refractivity contribution in [3.8, 4) is 28.4 Å². The summed E-state index contributed by atoms with van der Waals surface area (Å²) in [4.78, 5) is 2.29. The first-order chi connectivity index (χ1) is 15.6. The van der Waals surface area contributed by atoms with E-state index in [1.807, 2.05) is 12.1 Å². The van der Waals surface area contributed by atoms with Crippen molar-refractivity contribution in [1.82, 2.24) is 4.90 Å². The molecule has 1 atom stereocenters. The molecule has 166 valence electrons. The molecule has 0 N–H and O–H groups in total. The van der Waals surface area contributed by atoms with Crippen LogP contribution in [0.25, 0.3) is 11.1 Å². The Bertz CT molecular complexity index is 1070. The number of rotatable bonds is 7. The topological polar surface area (TPSA) is 30.9 Å². The maximum absolute atomic E-state index is 6.13. The van der Waals surface area contributed by atoms with Gasteiger partial charge in [-0.15, -0.1) is 0 Å². The summed E-state index contributed by atoms with van der Waals surface area (Å²) in [6.07, 6.45) is 4.93. The van der Waals surface area contributed by atoms with E-state index in [1.165, 1.54) is 36.9 Å². The third-order valence-electron chi connectivity index (χ3n) is 6.56. The van der Waals surface area contributed by atoms with Gasteiger partial charge in [-0.25, -0.2) is 0 Å². The molecule has 0 saturated carbocycles. The lowest BCUT2D eigenvalue weighted by Crippen LogP contribution is -2.21. The average Bonchev–Trinajstić information content (AvgIpc) is 3.29. The zero-order valence-corrected chi connectivity index (χ0v) is 19.0. The summed E-state index contributed by atoms with van der Waals surface area (Å²) in [5, 5.41) is 0. The molecule has 0 radical (unpaired) electrons. The Morgan fingerprint density at radius 2 is 1.69 bits per heavy atom. The predicted molar refractivity (Wildman–Crippen MR) is 127 cm³/mol. The minimum atomic E-state index is 0.300. The lowest BCUT2D eigenvalue weighted by molar-refractivity contribution is 0.174. The van der Waals surface area contributed by atoms with Crippen molar-refractivity contribution >= 4 is 0 Å². The number of benzene rings is 3. The molecule has 1 aliphatic heterocycles. The van der Waals surface area contributed by atoms with Crippen LogP contribution in [0.15, 0.2) is 60.7 Å². The Hall–Kier alpha value is -2.98. The quantitative estimate of drug-likeness (QED) is 0.481. The molecule has 0 saturated heterocycles. The van der Waals surface area contributed by atoms with E-state index in [1.54, 1.807) is 0 Å². The van der Waals surface area contributed by atoms with Crippen LogP contribution in [0.2, 0.25) is 0 Å². The van der Waals surface area contributed by atoms with E-state index in [-0.39, 0.29) is 0 Å². The Morgan fingerprint density at radius 3 is 2.53 bits per heavy atom. The smallest absolute Gasteiger partial charge is 0.231 e. The fraction of sp³-hybridized carbons (Fsp3) is 0.357. The molecule has 0 spiro atoms. The van der Waals surface area contributed by atoms with E-state index in [9.17, 15) is 0 Å². The molecule has 32 heavy (non-hydrogen) atoms. The number of hydrogen-bond acceptors (Lipinski definition) is 4. The van der Waals surface area contributed by atoms with Crippen molar-refractivity contribution in [2.45, 2.75) is 32.3 Å². The van der Waals surface area contributed by atoms with Crippen molar-refractivity contribution in [2.75, 3.05) is 27.4 Å². The molecule has 3 aromatic rings. The summed E-state index contributed by atoms with van der Waals surface area (Å²) in [6.45, 7) is 2.05. The molecule has 0 amide bonds. The fourth-order valence-electron chi connectivity index (χ4n) is 4.62. The summed E-state index contributed by atoms with van der Waals surface area (Å²) in [6, 6.07) is 21.3. The van der Waals surface area contributed by atoms with Crippen molar-refractivity contribution in [3.05, 3.63) is 77.4 Å². The summed E-state index contributed by atoms with van der Waals surface area (Å²) in [7, 11) is 4.32. The monoisotopic (exact) mass is 429 g/mol. The second-order valence-corrected chi connectivity index (χ2v) is 9.18. The maximum atomic E-state index is 6.13. The summed E-state index contributed by atoms with van der Waals surface area (Å²) in [5.74, 6) is 3.40. The second kappa shape index (κ2) is 9.25. The van der Waals surface area contributed by atoms with E-state index in [0.29, 0.717) is 13.4 Å². The zero-order valence-electron chi connectivity index (χ0n) is 19.0. The van der Waals surface area contributed by atoms with Gasteiger partial charge in [0.25, 0.3) is 0 Å². The third kappa shape index (κ3) is 4.76. The van der Waals surface area contributed by atoms with Gasteiger partial charge in [0.05, 0.1) is 0 Å². The molecular formula is C28H31NO3. The summed E-state index contributed by atoms with van der Waals surface area (Å²) >= 11 is 0. The van der Waals surface area contributed by atoms with Crippen molar-refractivity contribution in [1.29, 1.82) is 0 Å². The van der Waals surface area contributed by atoms with Crippen LogP contribution in [-0.2, 0) is 19.4 Å². The molecule has 0 aromatic heterocycles. The van der Waals surface area contributed by atoms with E-state index < -0.39 is 0 Å². The molecular weight excluding hydrogens is 398 g/mol. The highest BCUT2D eigenvalue weighted by molar-refractivity contribution is 5.67. The van der Waals surface area contributed by atoms with Gasteiger partial charge in [0, 0.05) is 0 Å². The van der Waals surface area contributed by atoms with E-state index >= 15 is 0 Å². The minimum absolute atomic E-state index is 0.300. The molecule has 5 rings (SSSR count). The lowest BCUT2D eigenvalue weighted by Gasteiger charge is -2.26. The SMILES string of the molecule is CN(C)CCC1CCc2cc(OCc3ccc(-c4ccc5c(c4)OCO5)cc3)ccc2C1. The van der Waals surface area contributed by atoms with Gasteiger partial charge in [-0.3, -0.25) is 0 Å². The molecule has 0 fully saturated rings. The van der Waals surface area contributed by atoms with Crippen LogP contribution in [0.1, 0.15) is 29.5 Å². The highest BCUT2D eigenvalue weighted by Crippen LogP contribution is 2.36. The zero-order chi connectivity index (χ0) is 21.9. The number of hydrogen-bond donors (Lipinski definition) is 0. The largest absolute Gasteiger partial charge is 0.489 e. The van der Waals surface area contributed by atoms with Crippen molar-refractivity contribution < 1.29 is 14.2 Å². The molecule has 1 heterocycles. The van der Waals surface area contributed by atoms with Crippen LogP contribution in [0.5, 0.6) is 17.2 Å². The first-order valence-corrected chi connectivity index (χ1v) is 11.5. The van der Waals surface area contributed by atoms with E-state index in [4.69, 9.17) is 14.2 Å². The molecule has 3 aromatic carbocycles.